The second-order valence-electron chi connectivity index (χ2n) is 6.63. The van der Waals surface area contributed by atoms with Crippen molar-refractivity contribution in [3.8, 4) is 0 Å². The Hall–Kier alpha value is -1.81. The van der Waals surface area contributed by atoms with Gasteiger partial charge in [0.2, 0.25) is 5.91 Å². The molecule has 0 fully saturated rings. The molecule has 0 aliphatic heterocycles. The van der Waals surface area contributed by atoms with Crippen molar-refractivity contribution in [2.45, 2.75) is 44.0 Å². The van der Waals surface area contributed by atoms with Crippen LogP contribution in [0.15, 0.2) is 53.7 Å². The van der Waals surface area contributed by atoms with E-state index in [1.165, 1.54) is 5.56 Å². The molecule has 1 heterocycles. The van der Waals surface area contributed by atoms with Crippen molar-refractivity contribution in [1.29, 1.82) is 0 Å². The molecule has 0 aliphatic carbocycles. The van der Waals surface area contributed by atoms with Crippen molar-refractivity contribution in [3.05, 3.63) is 59.9 Å². The van der Waals surface area contributed by atoms with Gasteiger partial charge in [0.15, 0.2) is 0 Å². The number of nitrogens with one attached hydrogen (secondary N) is 1. The highest BCUT2D eigenvalue weighted by atomic mass is 32.2. The maximum Gasteiger partial charge on any atom is 0.230 e. The minimum atomic E-state index is -0.00522. The van der Waals surface area contributed by atoms with Gasteiger partial charge in [-0.1, -0.05) is 32.9 Å². The second-order valence-corrected chi connectivity index (χ2v) is 7.68. The fourth-order valence-corrected chi connectivity index (χ4v) is 2.93. The molecule has 0 radical (unpaired) electrons. The Labute approximate surface area is 142 Å². The monoisotopic (exact) mass is 328 g/mol. The van der Waals surface area contributed by atoms with Crippen LogP contribution >= 0.6 is 11.8 Å². The highest BCUT2D eigenvalue weighted by Crippen LogP contribution is 2.25. The van der Waals surface area contributed by atoms with E-state index in [0.717, 1.165) is 10.5 Å². The highest BCUT2D eigenvalue weighted by Gasteiger charge is 2.13. The molecule has 0 saturated heterocycles. The molecule has 1 aromatic heterocycles. The molecular formula is C19H24N2OS. The van der Waals surface area contributed by atoms with Crippen LogP contribution in [-0.4, -0.2) is 16.6 Å². The normalized spacial score (nSPS) is 12.7. The molecule has 0 saturated carbocycles. The first kappa shape index (κ1) is 17.5. The van der Waals surface area contributed by atoms with E-state index >= 15 is 0 Å². The van der Waals surface area contributed by atoms with Crippen molar-refractivity contribution >= 4 is 17.7 Å². The average molecular weight is 328 g/mol. The van der Waals surface area contributed by atoms with Gasteiger partial charge in [-0.25, -0.2) is 0 Å². The lowest BCUT2D eigenvalue weighted by Crippen LogP contribution is -2.28. The van der Waals surface area contributed by atoms with E-state index in [2.05, 4.69) is 55.3 Å². The molecule has 23 heavy (non-hydrogen) atoms. The zero-order valence-corrected chi connectivity index (χ0v) is 15.0. The third-order valence-corrected chi connectivity index (χ3v) is 4.69. The van der Waals surface area contributed by atoms with Crippen LogP contribution in [0.5, 0.6) is 0 Å². The number of hydrogen-bond acceptors (Lipinski definition) is 3. The number of thioether (sulfide) groups is 1. The molecule has 0 spiro atoms. The number of carbonyl (C=O) groups excluding carboxylic acids is 1. The van der Waals surface area contributed by atoms with Gasteiger partial charge in [0, 0.05) is 17.3 Å². The van der Waals surface area contributed by atoms with Gasteiger partial charge in [-0.15, -0.1) is 11.8 Å². The summed E-state index contributed by atoms with van der Waals surface area (Å²) in [7, 11) is 0. The summed E-state index contributed by atoms with van der Waals surface area (Å²) in [6.45, 7) is 8.57. The maximum absolute atomic E-state index is 12.1. The highest BCUT2D eigenvalue weighted by molar-refractivity contribution is 8.00. The predicted octanol–water partition coefficient (Wildman–Crippen LogP) is 4.35. The van der Waals surface area contributed by atoms with Crippen molar-refractivity contribution in [2.24, 2.45) is 0 Å². The summed E-state index contributed by atoms with van der Waals surface area (Å²) in [6.07, 6.45) is 3.48. The van der Waals surface area contributed by atoms with E-state index in [0.29, 0.717) is 5.75 Å². The Morgan fingerprint density at radius 1 is 1.13 bits per heavy atom. The van der Waals surface area contributed by atoms with Crippen LogP contribution in [0.1, 0.15) is 44.9 Å². The first-order valence-corrected chi connectivity index (χ1v) is 8.77. The van der Waals surface area contributed by atoms with E-state index in [1.807, 2.05) is 19.1 Å². The number of pyridine rings is 1. The molecular weight excluding hydrogens is 304 g/mol. The van der Waals surface area contributed by atoms with Gasteiger partial charge in [-0.2, -0.15) is 0 Å². The lowest BCUT2D eigenvalue weighted by atomic mass is 9.87. The molecule has 122 valence electrons. The minimum Gasteiger partial charge on any atom is -0.349 e. The Kier molecular flexibility index (Phi) is 5.83. The summed E-state index contributed by atoms with van der Waals surface area (Å²) in [4.78, 5) is 17.2. The number of amides is 1. The molecule has 1 amide bonds. The van der Waals surface area contributed by atoms with Crippen molar-refractivity contribution in [3.63, 3.8) is 0 Å². The minimum absolute atomic E-state index is 0.00522. The van der Waals surface area contributed by atoms with Crippen molar-refractivity contribution < 1.29 is 4.79 Å². The van der Waals surface area contributed by atoms with E-state index in [-0.39, 0.29) is 17.4 Å². The molecule has 2 rings (SSSR count). The van der Waals surface area contributed by atoms with Gasteiger partial charge < -0.3 is 5.32 Å². The van der Waals surface area contributed by atoms with Gasteiger partial charge >= 0.3 is 0 Å². The zero-order valence-electron chi connectivity index (χ0n) is 14.2. The molecule has 0 bridgehead atoms. The number of hydrogen-bond donors (Lipinski definition) is 1. The van der Waals surface area contributed by atoms with Crippen molar-refractivity contribution in [2.75, 3.05) is 5.75 Å². The summed E-state index contributed by atoms with van der Waals surface area (Å²) >= 11 is 1.56. The SMILES string of the molecule is CC(NC(=O)CSc1ccc(C(C)(C)C)cc1)c1ccncc1. The molecule has 4 heteroatoms. The number of nitrogens with zero attached hydrogens (tertiary/aromatic N) is 1. The van der Waals surface area contributed by atoms with Crippen LogP contribution in [0, 0.1) is 0 Å². The lowest BCUT2D eigenvalue weighted by Gasteiger charge is -2.19. The van der Waals surface area contributed by atoms with Crippen LogP contribution in [0.25, 0.3) is 0 Å². The zero-order chi connectivity index (χ0) is 16.9. The van der Waals surface area contributed by atoms with Gasteiger partial charge in [0.25, 0.3) is 0 Å². The fraction of sp³-hybridized carbons (Fsp3) is 0.368. The largest absolute Gasteiger partial charge is 0.349 e. The third-order valence-electron chi connectivity index (χ3n) is 3.67. The number of benzene rings is 1. The molecule has 1 N–H and O–H groups in total. The van der Waals surface area contributed by atoms with Crippen molar-refractivity contribution in [1.82, 2.24) is 10.3 Å². The van der Waals surface area contributed by atoms with E-state index in [9.17, 15) is 4.79 Å². The van der Waals surface area contributed by atoms with Gasteiger partial charge in [0.05, 0.1) is 11.8 Å². The summed E-state index contributed by atoms with van der Waals surface area (Å²) in [5.74, 6) is 0.462. The van der Waals surface area contributed by atoms with Crippen LogP contribution in [0.4, 0.5) is 0 Å². The average Bonchev–Trinajstić information content (AvgIpc) is 2.53. The second kappa shape index (κ2) is 7.64. The van der Waals surface area contributed by atoms with Gasteiger partial charge in [-0.05, 0) is 47.7 Å². The first-order valence-electron chi connectivity index (χ1n) is 7.79. The van der Waals surface area contributed by atoms with E-state index in [1.54, 1.807) is 24.2 Å². The standard InChI is InChI=1S/C19H24N2OS/c1-14(15-9-11-20-12-10-15)21-18(22)13-23-17-7-5-16(6-8-17)19(2,3)4/h5-12,14H,13H2,1-4H3,(H,21,22). The Morgan fingerprint density at radius 2 is 1.74 bits per heavy atom. The van der Waals surface area contributed by atoms with Crippen LogP contribution < -0.4 is 5.32 Å². The summed E-state index contributed by atoms with van der Waals surface area (Å²) < 4.78 is 0. The summed E-state index contributed by atoms with van der Waals surface area (Å²) in [6, 6.07) is 12.3. The third kappa shape index (κ3) is 5.39. The molecule has 0 aliphatic rings. The molecule has 1 aromatic carbocycles. The van der Waals surface area contributed by atoms with Gasteiger partial charge in [-0.3, -0.25) is 9.78 Å². The number of rotatable bonds is 5. The van der Waals surface area contributed by atoms with Crippen LogP contribution in [0.3, 0.4) is 0 Å². The summed E-state index contributed by atoms with van der Waals surface area (Å²) in [5, 5.41) is 3.01. The maximum atomic E-state index is 12.1. The Bertz CT molecular complexity index is 633. The van der Waals surface area contributed by atoms with E-state index in [4.69, 9.17) is 0 Å². The number of aromatic nitrogens is 1. The first-order chi connectivity index (χ1) is 10.9. The molecule has 1 atom stereocenters. The smallest absolute Gasteiger partial charge is 0.230 e. The fourth-order valence-electron chi connectivity index (χ4n) is 2.22. The molecule has 1 unspecified atom stereocenters. The number of carbonyl (C=O) groups is 1. The predicted molar refractivity (Wildman–Crippen MR) is 96.7 cm³/mol. The van der Waals surface area contributed by atoms with Crippen LogP contribution in [0.2, 0.25) is 0 Å². The molecule has 3 nitrogen and oxygen atoms in total. The van der Waals surface area contributed by atoms with Crippen LogP contribution in [-0.2, 0) is 10.2 Å². The topological polar surface area (TPSA) is 42.0 Å². The molecule has 2 aromatic rings. The lowest BCUT2D eigenvalue weighted by molar-refractivity contribution is -0.119. The van der Waals surface area contributed by atoms with Gasteiger partial charge in [0.1, 0.15) is 0 Å². The summed E-state index contributed by atoms with van der Waals surface area (Å²) in [5.41, 5.74) is 2.52. The Balaban J connectivity index is 1.85. The van der Waals surface area contributed by atoms with E-state index < -0.39 is 0 Å². The Morgan fingerprint density at radius 3 is 2.30 bits per heavy atom. The quantitative estimate of drug-likeness (QED) is 0.830.